The van der Waals surface area contributed by atoms with Crippen LogP contribution in [0, 0.1) is 5.82 Å². The number of halogens is 2. The Balaban J connectivity index is 0.978. The summed E-state index contributed by atoms with van der Waals surface area (Å²) in [5, 5.41) is 10.5. The summed E-state index contributed by atoms with van der Waals surface area (Å²) in [5.74, 6) is -0.173. The molecule has 0 aliphatic carbocycles. The second-order valence-corrected chi connectivity index (χ2v) is 15.8. The third kappa shape index (κ3) is 7.26. The predicted octanol–water partition coefficient (Wildman–Crippen LogP) is 5.21. The fourth-order valence-corrected chi connectivity index (χ4v) is 8.03. The first-order valence-corrected chi connectivity index (χ1v) is 19.6. The molecular formula is C37H39ClFN8O4P. The minimum absolute atomic E-state index is 0.0101. The van der Waals surface area contributed by atoms with Crippen molar-refractivity contribution in [1.82, 2.24) is 25.1 Å². The topological polar surface area (TPSA) is 132 Å². The van der Waals surface area contributed by atoms with E-state index in [4.69, 9.17) is 16.3 Å². The van der Waals surface area contributed by atoms with Crippen molar-refractivity contribution in [2.24, 2.45) is 0 Å². The lowest BCUT2D eigenvalue weighted by Crippen LogP contribution is -2.52. The van der Waals surface area contributed by atoms with Gasteiger partial charge in [0.25, 0.3) is 5.91 Å². The number of piperidine rings is 1. The van der Waals surface area contributed by atoms with E-state index in [1.807, 2.05) is 36.4 Å². The molecular weight excluding hydrogens is 706 g/mol. The Morgan fingerprint density at radius 2 is 1.81 bits per heavy atom. The van der Waals surface area contributed by atoms with Gasteiger partial charge in [-0.05, 0) is 49.3 Å². The first-order chi connectivity index (χ1) is 25.1. The van der Waals surface area contributed by atoms with Crippen molar-refractivity contribution < 1.29 is 23.5 Å². The number of nitrogens with one attached hydrogen (secondary N) is 3. The number of methoxy groups -OCH3 is 1. The molecule has 1 unspecified atom stereocenters. The quantitative estimate of drug-likeness (QED) is 0.147. The number of rotatable bonds is 10. The average molecular weight is 745 g/mol. The Morgan fingerprint density at radius 3 is 2.56 bits per heavy atom. The van der Waals surface area contributed by atoms with E-state index in [9.17, 15) is 14.4 Å². The van der Waals surface area contributed by atoms with Crippen LogP contribution in [0.5, 0.6) is 5.75 Å². The minimum atomic E-state index is -0.781. The van der Waals surface area contributed by atoms with Crippen LogP contribution in [0.3, 0.4) is 0 Å². The number of nitrogens with zero attached hydrogens (tertiary/aromatic N) is 5. The lowest BCUT2D eigenvalue weighted by atomic mass is 10.0. The smallest absolute Gasteiger partial charge is 0.255 e. The maximum Gasteiger partial charge on any atom is 0.255 e. The van der Waals surface area contributed by atoms with Gasteiger partial charge in [-0.25, -0.2) is 9.37 Å². The molecule has 0 radical (unpaired) electrons. The van der Waals surface area contributed by atoms with E-state index in [2.05, 4.69) is 55.1 Å². The molecule has 2 saturated heterocycles. The van der Waals surface area contributed by atoms with Gasteiger partial charge in [-0.2, -0.15) is 4.98 Å². The summed E-state index contributed by atoms with van der Waals surface area (Å²) in [6.45, 7) is 7.65. The average Bonchev–Trinajstić information content (AvgIpc) is 3.47. The lowest BCUT2D eigenvalue weighted by molar-refractivity contribution is -0.136. The van der Waals surface area contributed by atoms with E-state index >= 15 is 4.39 Å². The van der Waals surface area contributed by atoms with Crippen molar-refractivity contribution in [3.63, 3.8) is 0 Å². The van der Waals surface area contributed by atoms with Crippen molar-refractivity contribution >= 4 is 71.4 Å². The molecule has 52 heavy (non-hydrogen) atoms. The molecule has 3 aliphatic rings. The van der Waals surface area contributed by atoms with Gasteiger partial charge < -0.3 is 25.2 Å². The normalized spacial score (nSPS) is 17.7. The van der Waals surface area contributed by atoms with E-state index in [1.54, 1.807) is 25.4 Å². The Labute approximate surface area is 307 Å². The summed E-state index contributed by atoms with van der Waals surface area (Å²) >= 11 is 6.48. The van der Waals surface area contributed by atoms with Crippen LogP contribution in [0.25, 0.3) is 0 Å². The fourth-order valence-electron chi connectivity index (χ4n) is 6.89. The highest BCUT2D eigenvalue weighted by Gasteiger charge is 2.40. The molecule has 12 nitrogen and oxygen atoms in total. The zero-order valence-electron chi connectivity index (χ0n) is 29.1. The number of hydrogen-bond donors (Lipinski definition) is 3. The molecule has 270 valence electrons. The molecule has 4 heterocycles. The number of fused-ring (bicyclic) bond motifs is 1. The van der Waals surface area contributed by atoms with Gasteiger partial charge in [0, 0.05) is 73.3 Å². The molecule has 0 spiro atoms. The van der Waals surface area contributed by atoms with Crippen LogP contribution in [-0.2, 0) is 22.7 Å². The Kier molecular flexibility index (Phi) is 10.3. The van der Waals surface area contributed by atoms with Crippen LogP contribution < -0.4 is 30.9 Å². The molecule has 7 rings (SSSR count). The maximum absolute atomic E-state index is 15.8. The number of amides is 3. The number of ether oxygens (including phenoxy) is 1. The van der Waals surface area contributed by atoms with Crippen LogP contribution in [0.4, 0.5) is 33.2 Å². The first-order valence-electron chi connectivity index (χ1n) is 17.0. The van der Waals surface area contributed by atoms with Gasteiger partial charge in [0.15, 0.2) is 5.82 Å². The standard InChI is InChI=1S/C37H39ClFN8O4P/c1-51-30-18-23(9-11-27(30)42-37-40-19-26(38)34(44-37)41-28-6-4-5-7-31(28)52(2)3)46-16-14-45(15-17-46)20-22-8-10-24-25(33(22)39)21-47(36(24)50)29-12-13-32(48)43-35(29)49/h4-11,18-19,29H,12-17,20-21H2,1-3H3,(H,43,48,49)(H2,40,41,42,44). The van der Waals surface area contributed by atoms with Gasteiger partial charge >= 0.3 is 0 Å². The molecule has 3 amide bonds. The van der Waals surface area contributed by atoms with Crippen LogP contribution in [0.1, 0.15) is 34.3 Å². The highest BCUT2D eigenvalue weighted by Crippen LogP contribution is 2.35. The number of carbonyl (C=O) groups is 3. The third-order valence-electron chi connectivity index (χ3n) is 9.68. The van der Waals surface area contributed by atoms with Crippen LogP contribution >= 0.6 is 19.5 Å². The number of benzene rings is 3. The second kappa shape index (κ2) is 15.0. The Morgan fingerprint density at radius 1 is 1.02 bits per heavy atom. The molecule has 1 aromatic heterocycles. The van der Waals surface area contributed by atoms with E-state index in [0.29, 0.717) is 59.0 Å². The molecule has 2 fully saturated rings. The molecule has 3 aliphatic heterocycles. The molecule has 15 heteroatoms. The highest BCUT2D eigenvalue weighted by atomic mass is 35.5. The summed E-state index contributed by atoms with van der Waals surface area (Å²) in [7, 11) is 1.28. The lowest BCUT2D eigenvalue weighted by Gasteiger charge is -2.36. The summed E-state index contributed by atoms with van der Waals surface area (Å²) in [6.07, 6.45) is 1.95. The van der Waals surface area contributed by atoms with Crippen molar-refractivity contribution in [2.75, 3.05) is 62.2 Å². The van der Waals surface area contributed by atoms with E-state index in [1.165, 1.54) is 10.2 Å². The van der Waals surface area contributed by atoms with E-state index < -0.39 is 17.8 Å². The molecule has 3 aromatic carbocycles. The number of carbonyl (C=O) groups excluding carboxylic acids is 3. The maximum atomic E-state index is 15.8. The molecule has 0 saturated carbocycles. The van der Waals surface area contributed by atoms with Crippen LogP contribution in [0.15, 0.2) is 60.8 Å². The predicted molar refractivity (Wildman–Crippen MR) is 201 cm³/mol. The van der Waals surface area contributed by atoms with Crippen molar-refractivity contribution in [1.29, 1.82) is 0 Å². The highest BCUT2D eigenvalue weighted by molar-refractivity contribution is 7.64. The zero-order chi connectivity index (χ0) is 36.5. The largest absolute Gasteiger partial charge is 0.494 e. The summed E-state index contributed by atoms with van der Waals surface area (Å²) in [6, 6.07) is 16.6. The van der Waals surface area contributed by atoms with Crippen LogP contribution in [0.2, 0.25) is 5.02 Å². The van der Waals surface area contributed by atoms with Gasteiger partial charge in [-0.3, -0.25) is 24.6 Å². The van der Waals surface area contributed by atoms with Crippen molar-refractivity contribution in [2.45, 2.75) is 32.0 Å². The monoisotopic (exact) mass is 744 g/mol. The molecule has 3 N–H and O–H groups in total. The van der Waals surface area contributed by atoms with Gasteiger partial charge in [0.05, 0.1) is 25.5 Å². The van der Waals surface area contributed by atoms with Gasteiger partial charge in [0.2, 0.25) is 17.8 Å². The third-order valence-corrected chi connectivity index (χ3v) is 11.3. The van der Waals surface area contributed by atoms with Gasteiger partial charge in [0.1, 0.15) is 22.6 Å². The Hall–Kier alpha value is -4.84. The summed E-state index contributed by atoms with van der Waals surface area (Å²) < 4.78 is 21.6. The van der Waals surface area contributed by atoms with Gasteiger partial charge in [-0.1, -0.05) is 43.8 Å². The molecule has 1 atom stereocenters. The number of para-hydroxylation sites is 1. The van der Waals surface area contributed by atoms with Gasteiger partial charge in [-0.15, -0.1) is 0 Å². The minimum Gasteiger partial charge on any atom is -0.494 e. The Bertz CT molecular complexity index is 2040. The number of imide groups is 1. The number of hydrogen-bond acceptors (Lipinski definition) is 10. The molecule has 0 bridgehead atoms. The van der Waals surface area contributed by atoms with E-state index in [-0.39, 0.29) is 44.7 Å². The number of anilines is 5. The van der Waals surface area contributed by atoms with Crippen LogP contribution in [-0.4, -0.2) is 90.1 Å². The first kappa shape index (κ1) is 35.6. The van der Waals surface area contributed by atoms with Crippen molar-refractivity contribution in [3.05, 3.63) is 88.3 Å². The zero-order valence-corrected chi connectivity index (χ0v) is 30.7. The number of aromatic nitrogens is 2. The summed E-state index contributed by atoms with van der Waals surface area (Å²) in [4.78, 5) is 51.9. The van der Waals surface area contributed by atoms with Crippen molar-refractivity contribution in [3.8, 4) is 5.75 Å². The second-order valence-electron chi connectivity index (χ2n) is 13.2. The molecule has 4 aromatic rings. The number of piperazine rings is 1. The SMILES string of the molecule is COc1cc(N2CCN(Cc3ccc4c(c3F)CN(C3CCC(=O)NC3=O)C4=O)CC2)ccc1Nc1ncc(Cl)c(Nc2ccccc2P(C)C)n1. The summed E-state index contributed by atoms with van der Waals surface area (Å²) in [5.41, 5.74) is 3.74. The van der Waals surface area contributed by atoms with E-state index in [0.717, 1.165) is 24.5 Å². The fraction of sp³-hybridized carbons (Fsp3) is 0.324.